The Labute approximate surface area is 78.1 Å². The molecule has 0 saturated carbocycles. The molecule has 1 heterocycles. The number of unbranched alkanes of at least 4 members (excludes halogenated alkanes) is 2. The van der Waals surface area contributed by atoms with Crippen molar-refractivity contribution in [1.82, 2.24) is 4.90 Å². The minimum absolute atomic E-state index is 0.0296. The molecule has 0 spiro atoms. The van der Waals surface area contributed by atoms with E-state index in [0.29, 0.717) is 13.1 Å². The van der Waals surface area contributed by atoms with Crippen molar-refractivity contribution in [2.45, 2.75) is 25.7 Å². The van der Waals surface area contributed by atoms with Crippen molar-refractivity contribution in [2.24, 2.45) is 0 Å². The first-order valence-corrected chi connectivity index (χ1v) is 4.47. The number of hydrogen-bond acceptors (Lipinski definition) is 2. The maximum Gasteiger partial charge on any atom is 0.230 e. The molecule has 0 atom stereocenters. The average molecular weight is 179 g/mol. The zero-order valence-corrected chi connectivity index (χ0v) is 7.58. The molecule has 13 heavy (non-hydrogen) atoms. The fourth-order valence-electron chi connectivity index (χ4n) is 1.37. The Morgan fingerprint density at radius 3 is 2.69 bits per heavy atom. The van der Waals surface area contributed by atoms with Gasteiger partial charge in [-0.1, -0.05) is 0 Å². The van der Waals surface area contributed by atoms with E-state index in [1.54, 1.807) is 4.90 Å². The zero-order chi connectivity index (χ0) is 9.68. The third-order valence-corrected chi connectivity index (χ3v) is 2.07. The van der Waals surface area contributed by atoms with E-state index < -0.39 is 0 Å². The van der Waals surface area contributed by atoms with Crippen LogP contribution < -0.4 is 0 Å². The van der Waals surface area contributed by atoms with Gasteiger partial charge in [0.2, 0.25) is 5.91 Å². The predicted molar refractivity (Wildman–Crippen MR) is 48.9 cm³/mol. The summed E-state index contributed by atoms with van der Waals surface area (Å²) in [5, 5.41) is 0. The third-order valence-electron chi connectivity index (χ3n) is 2.07. The van der Waals surface area contributed by atoms with Gasteiger partial charge in [0, 0.05) is 13.0 Å². The maximum atomic E-state index is 11.1. The quantitative estimate of drug-likeness (QED) is 0.360. The van der Waals surface area contributed by atoms with Crippen LogP contribution in [-0.2, 0) is 9.59 Å². The Morgan fingerprint density at radius 1 is 1.38 bits per heavy atom. The summed E-state index contributed by atoms with van der Waals surface area (Å²) in [4.78, 5) is 23.6. The number of likely N-dealkylation sites (tertiary alicyclic amines) is 1. The average Bonchev–Trinajstić information content (AvgIpc) is 2.39. The van der Waals surface area contributed by atoms with Crippen LogP contribution in [-0.4, -0.2) is 29.7 Å². The number of Topliss-reactive ketones (excluding diaryl/α,β-unsaturated/α-hetero) is 1. The van der Waals surface area contributed by atoms with Gasteiger partial charge in [0.05, 0.1) is 13.0 Å². The van der Waals surface area contributed by atoms with Crippen LogP contribution in [0.1, 0.15) is 25.7 Å². The van der Waals surface area contributed by atoms with Crippen molar-refractivity contribution in [3.63, 3.8) is 0 Å². The monoisotopic (exact) mass is 179 g/mol. The van der Waals surface area contributed by atoms with E-state index in [-0.39, 0.29) is 18.1 Å². The van der Waals surface area contributed by atoms with Gasteiger partial charge < -0.3 is 4.90 Å². The molecule has 1 aliphatic heterocycles. The summed E-state index contributed by atoms with van der Waals surface area (Å²) in [5.41, 5.74) is 0. The van der Waals surface area contributed by atoms with Crippen molar-refractivity contribution < 1.29 is 9.59 Å². The number of carbonyl (C=O) groups is 2. The summed E-state index contributed by atoms with van der Waals surface area (Å²) in [6.45, 7) is 0.973. The Balaban J connectivity index is 2.19. The van der Waals surface area contributed by atoms with E-state index in [1.807, 2.05) is 0 Å². The summed E-state index contributed by atoms with van der Waals surface area (Å²) in [6.07, 6.45) is 7.74. The number of terminal acetylenes is 1. The molecule has 0 aliphatic carbocycles. The Hall–Kier alpha value is -1.30. The molecule has 1 aliphatic rings. The lowest BCUT2D eigenvalue weighted by atomic mass is 10.2. The minimum atomic E-state index is -0.0364. The molecule has 0 radical (unpaired) electrons. The standard InChI is InChI=1S/C10H13NO2/c1-2-3-4-5-6-11-8-9(12)7-10(11)13/h1H,3-8H2. The minimum Gasteiger partial charge on any atom is -0.335 e. The first-order chi connectivity index (χ1) is 6.24. The van der Waals surface area contributed by atoms with Crippen LogP contribution in [0.15, 0.2) is 0 Å². The van der Waals surface area contributed by atoms with E-state index in [2.05, 4.69) is 5.92 Å². The highest BCUT2D eigenvalue weighted by Gasteiger charge is 2.26. The van der Waals surface area contributed by atoms with Crippen molar-refractivity contribution in [3.05, 3.63) is 0 Å². The molecule has 70 valence electrons. The van der Waals surface area contributed by atoms with Crippen LogP contribution in [0.5, 0.6) is 0 Å². The van der Waals surface area contributed by atoms with Crippen LogP contribution in [0.2, 0.25) is 0 Å². The van der Waals surface area contributed by atoms with Crippen LogP contribution >= 0.6 is 0 Å². The number of nitrogens with zero attached hydrogens (tertiary/aromatic N) is 1. The van der Waals surface area contributed by atoms with Gasteiger partial charge in [0.15, 0.2) is 5.78 Å². The molecule has 3 nitrogen and oxygen atoms in total. The smallest absolute Gasteiger partial charge is 0.230 e. The molecule has 1 saturated heterocycles. The lowest BCUT2D eigenvalue weighted by molar-refractivity contribution is -0.127. The third kappa shape index (κ3) is 2.90. The highest BCUT2D eigenvalue weighted by Crippen LogP contribution is 2.08. The lowest BCUT2D eigenvalue weighted by Gasteiger charge is -2.13. The number of carbonyl (C=O) groups excluding carboxylic acids is 2. The number of amides is 1. The van der Waals surface area contributed by atoms with Crippen molar-refractivity contribution in [3.8, 4) is 12.3 Å². The van der Waals surface area contributed by atoms with Gasteiger partial charge in [-0.2, -0.15) is 0 Å². The van der Waals surface area contributed by atoms with Gasteiger partial charge in [-0.3, -0.25) is 9.59 Å². The molecule has 0 N–H and O–H groups in total. The summed E-state index contributed by atoms with van der Waals surface area (Å²) >= 11 is 0. The van der Waals surface area contributed by atoms with E-state index in [4.69, 9.17) is 6.42 Å². The Kier molecular flexibility index (Phi) is 3.51. The fraction of sp³-hybridized carbons (Fsp3) is 0.600. The first-order valence-electron chi connectivity index (χ1n) is 4.47. The topological polar surface area (TPSA) is 37.4 Å². The van der Waals surface area contributed by atoms with Crippen molar-refractivity contribution in [1.29, 1.82) is 0 Å². The second-order valence-corrected chi connectivity index (χ2v) is 3.19. The first kappa shape index (κ1) is 9.79. The largest absolute Gasteiger partial charge is 0.335 e. The van der Waals surface area contributed by atoms with Gasteiger partial charge in [0.25, 0.3) is 0 Å². The molecule has 0 aromatic rings. The molecule has 0 aromatic heterocycles. The molecule has 1 rings (SSSR count). The van der Waals surface area contributed by atoms with Crippen LogP contribution in [0, 0.1) is 12.3 Å². The second kappa shape index (κ2) is 4.66. The molecule has 0 unspecified atom stereocenters. The van der Waals surface area contributed by atoms with Crippen molar-refractivity contribution >= 4 is 11.7 Å². The molecule has 1 fully saturated rings. The summed E-state index contributed by atoms with van der Waals surface area (Å²) < 4.78 is 0. The summed E-state index contributed by atoms with van der Waals surface area (Å²) in [6, 6.07) is 0. The van der Waals surface area contributed by atoms with E-state index in [0.717, 1.165) is 19.3 Å². The van der Waals surface area contributed by atoms with Crippen LogP contribution in [0.4, 0.5) is 0 Å². The molecule has 0 aromatic carbocycles. The van der Waals surface area contributed by atoms with E-state index >= 15 is 0 Å². The number of hydrogen-bond donors (Lipinski definition) is 0. The molecular weight excluding hydrogens is 166 g/mol. The lowest BCUT2D eigenvalue weighted by Crippen LogP contribution is -2.26. The molecule has 1 amide bonds. The van der Waals surface area contributed by atoms with Crippen LogP contribution in [0.25, 0.3) is 0 Å². The van der Waals surface area contributed by atoms with Crippen LogP contribution in [0.3, 0.4) is 0 Å². The summed E-state index contributed by atoms with van der Waals surface area (Å²) in [5.74, 6) is 2.54. The number of ketones is 1. The van der Waals surface area contributed by atoms with Gasteiger partial charge >= 0.3 is 0 Å². The molecular formula is C10H13NO2. The SMILES string of the molecule is C#CCCCCN1CC(=O)CC1=O. The summed E-state index contributed by atoms with van der Waals surface area (Å²) in [7, 11) is 0. The predicted octanol–water partition coefficient (Wildman–Crippen LogP) is 0.591. The second-order valence-electron chi connectivity index (χ2n) is 3.19. The highest BCUT2D eigenvalue weighted by atomic mass is 16.2. The molecule has 0 bridgehead atoms. The molecule has 3 heteroatoms. The van der Waals surface area contributed by atoms with Crippen molar-refractivity contribution in [2.75, 3.05) is 13.1 Å². The van der Waals surface area contributed by atoms with Gasteiger partial charge in [-0.25, -0.2) is 0 Å². The fourth-order valence-corrected chi connectivity index (χ4v) is 1.37. The zero-order valence-electron chi connectivity index (χ0n) is 7.58. The van der Waals surface area contributed by atoms with Gasteiger partial charge in [0.1, 0.15) is 0 Å². The van der Waals surface area contributed by atoms with Gasteiger partial charge in [-0.15, -0.1) is 12.3 Å². The van der Waals surface area contributed by atoms with E-state index in [9.17, 15) is 9.59 Å². The highest BCUT2D eigenvalue weighted by molar-refractivity contribution is 6.05. The number of rotatable bonds is 4. The maximum absolute atomic E-state index is 11.1. The van der Waals surface area contributed by atoms with E-state index in [1.165, 1.54) is 0 Å². The Bertz CT molecular complexity index is 252. The normalized spacial score (nSPS) is 16.4. The Morgan fingerprint density at radius 2 is 2.15 bits per heavy atom. The van der Waals surface area contributed by atoms with Gasteiger partial charge in [-0.05, 0) is 12.8 Å².